The number of phenols is 1. The van der Waals surface area contributed by atoms with Crippen molar-refractivity contribution in [2.75, 3.05) is 0 Å². The number of benzene rings is 3. The van der Waals surface area contributed by atoms with Gasteiger partial charge in [0.2, 0.25) is 0 Å². The summed E-state index contributed by atoms with van der Waals surface area (Å²) in [6, 6.07) is 20.7. The minimum atomic E-state index is -0.911. The lowest BCUT2D eigenvalue weighted by Gasteiger charge is -2.18. The second-order valence-corrected chi connectivity index (χ2v) is 6.89. The smallest absolute Gasteiger partial charge is 0.404 e. The van der Waals surface area contributed by atoms with E-state index in [1.807, 2.05) is 54.6 Å². The number of nitrogens with two attached hydrogens (primary N) is 1. The summed E-state index contributed by atoms with van der Waals surface area (Å²) in [5.74, 6) is -0.368. The molecular formula is C24H21NO5. The van der Waals surface area contributed by atoms with Crippen molar-refractivity contribution >= 4 is 18.7 Å². The molecule has 0 heterocycles. The zero-order chi connectivity index (χ0) is 21.5. The summed E-state index contributed by atoms with van der Waals surface area (Å²) in [6.45, 7) is 0. The van der Waals surface area contributed by atoms with Crippen molar-refractivity contribution in [2.45, 2.75) is 18.9 Å². The molecule has 3 N–H and O–H groups in total. The predicted octanol–water partition coefficient (Wildman–Crippen LogP) is 3.93. The summed E-state index contributed by atoms with van der Waals surface area (Å²) >= 11 is 0. The van der Waals surface area contributed by atoms with Crippen molar-refractivity contribution in [3.05, 3.63) is 89.0 Å². The molecule has 0 aromatic heterocycles. The van der Waals surface area contributed by atoms with Gasteiger partial charge in [-0.3, -0.25) is 9.59 Å². The topological polar surface area (TPSA) is 107 Å². The number of carbonyl (C=O) groups excluding carboxylic acids is 3. The number of rotatable bonds is 8. The average molecular weight is 403 g/mol. The lowest BCUT2D eigenvalue weighted by atomic mass is 9.96. The Bertz CT molecular complexity index is 1020. The molecule has 0 radical (unpaired) electrons. The highest BCUT2D eigenvalue weighted by molar-refractivity contribution is 5.88. The normalized spacial score (nSPS) is 11.5. The number of hydrogen-bond acceptors (Lipinski definition) is 5. The predicted molar refractivity (Wildman–Crippen MR) is 113 cm³/mol. The molecule has 1 amide bonds. The van der Waals surface area contributed by atoms with Gasteiger partial charge in [-0.05, 0) is 34.4 Å². The summed E-state index contributed by atoms with van der Waals surface area (Å²) in [5, 5.41) is 9.88. The Labute approximate surface area is 173 Å². The SMILES string of the molecule is NC(=O)OC(Cc1ccc(-c2ccccc2)cc1)Cc1cc(C=O)c(O)c(C=O)c1. The molecule has 6 nitrogen and oxygen atoms in total. The summed E-state index contributed by atoms with van der Waals surface area (Å²) in [6.07, 6.45) is 0.0484. The van der Waals surface area contributed by atoms with Crippen molar-refractivity contribution in [3.63, 3.8) is 0 Å². The Hall–Kier alpha value is -3.93. The third kappa shape index (κ3) is 5.11. The van der Waals surface area contributed by atoms with E-state index in [4.69, 9.17) is 10.5 Å². The van der Waals surface area contributed by atoms with Crippen LogP contribution in [0.1, 0.15) is 31.8 Å². The Morgan fingerprint density at radius 3 is 1.93 bits per heavy atom. The fourth-order valence-corrected chi connectivity index (χ4v) is 3.35. The maximum absolute atomic E-state index is 11.4. The number of primary amides is 1. The molecule has 0 aliphatic rings. The highest BCUT2D eigenvalue weighted by Crippen LogP contribution is 2.24. The molecular weight excluding hydrogens is 382 g/mol. The number of phenolic OH excluding ortho intramolecular Hbond substituents is 1. The molecule has 6 heteroatoms. The summed E-state index contributed by atoms with van der Waals surface area (Å²) in [5.41, 5.74) is 8.90. The van der Waals surface area contributed by atoms with Crippen LogP contribution in [0, 0.1) is 0 Å². The van der Waals surface area contributed by atoms with E-state index in [-0.39, 0.29) is 23.3 Å². The second kappa shape index (κ2) is 9.52. The van der Waals surface area contributed by atoms with Crippen LogP contribution in [0.15, 0.2) is 66.7 Å². The Kier molecular flexibility index (Phi) is 6.60. The number of aldehydes is 2. The maximum atomic E-state index is 11.4. The third-order valence-corrected chi connectivity index (χ3v) is 4.75. The first kappa shape index (κ1) is 20.8. The van der Waals surface area contributed by atoms with Gasteiger partial charge in [-0.2, -0.15) is 0 Å². The highest BCUT2D eigenvalue weighted by atomic mass is 16.6. The third-order valence-electron chi connectivity index (χ3n) is 4.75. The van der Waals surface area contributed by atoms with Crippen molar-refractivity contribution < 1.29 is 24.2 Å². The number of carbonyl (C=O) groups is 3. The largest absolute Gasteiger partial charge is 0.506 e. The molecule has 1 unspecified atom stereocenters. The zero-order valence-corrected chi connectivity index (χ0v) is 16.2. The lowest BCUT2D eigenvalue weighted by Crippen LogP contribution is -2.26. The van der Waals surface area contributed by atoms with Crippen LogP contribution in [0.25, 0.3) is 11.1 Å². The Morgan fingerprint density at radius 1 is 0.867 bits per heavy atom. The number of hydrogen-bond donors (Lipinski definition) is 2. The summed E-state index contributed by atoms with van der Waals surface area (Å²) < 4.78 is 5.25. The van der Waals surface area contributed by atoms with Crippen LogP contribution in [0.5, 0.6) is 5.75 Å². The van der Waals surface area contributed by atoms with Crippen molar-refractivity contribution in [1.82, 2.24) is 0 Å². The fourth-order valence-electron chi connectivity index (χ4n) is 3.35. The van der Waals surface area contributed by atoms with Gasteiger partial charge in [0.15, 0.2) is 12.6 Å². The zero-order valence-electron chi connectivity index (χ0n) is 16.2. The second-order valence-electron chi connectivity index (χ2n) is 6.89. The van der Waals surface area contributed by atoms with Crippen LogP contribution >= 0.6 is 0 Å². The van der Waals surface area contributed by atoms with Gasteiger partial charge in [0.25, 0.3) is 0 Å². The van der Waals surface area contributed by atoms with Crippen LogP contribution in [0.4, 0.5) is 4.79 Å². The van der Waals surface area contributed by atoms with Gasteiger partial charge in [-0.1, -0.05) is 54.6 Å². The maximum Gasteiger partial charge on any atom is 0.404 e. The van der Waals surface area contributed by atoms with Crippen molar-refractivity contribution in [2.24, 2.45) is 5.73 Å². The molecule has 0 saturated carbocycles. The van der Waals surface area contributed by atoms with Gasteiger partial charge in [0, 0.05) is 12.8 Å². The molecule has 1 atom stereocenters. The standard InChI is InChI=1S/C24H21NO5/c25-24(29)30-22(13-17-10-20(14-26)23(28)21(11-17)15-27)12-16-6-8-19(9-7-16)18-4-2-1-3-5-18/h1-11,14-15,22,28H,12-13H2,(H2,25,29). The first-order valence-corrected chi connectivity index (χ1v) is 9.37. The minimum Gasteiger partial charge on any atom is -0.506 e. The van der Waals surface area contributed by atoms with E-state index in [1.165, 1.54) is 12.1 Å². The van der Waals surface area contributed by atoms with Gasteiger partial charge in [-0.15, -0.1) is 0 Å². The molecule has 152 valence electrons. The van der Waals surface area contributed by atoms with Gasteiger partial charge in [-0.25, -0.2) is 4.79 Å². The molecule has 0 saturated heterocycles. The molecule has 3 rings (SSSR count). The van der Waals surface area contributed by atoms with Crippen LogP contribution < -0.4 is 5.73 Å². The Balaban J connectivity index is 1.81. The molecule has 3 aromatic rings. The van der Waals surface area contributed by atoms with E-state index >= 15 is 0 Å². The van der Waals surface area contributed by atoms with Gasteiger partial charge in [0.1, 0.15) is 11.9 Å². The van der Waals surface area contributed by atoms with E-state index in [2.05, 4.69) is 0 Å². The monoisotopic (exact) mass is 403 g/mol. The van der Waals surface area contributed by atoms with E-state index in [0.717, 1.165) is 16.7 Å². The van der Waals surface area contributed by atoms with Gasteiger partial charge in [0.05, 0.1) is 11.1 Å². The Morgan fingerprint density at radius 2 is 1.40 bits per heavy atom. The van der Waals surface area contributed by atoms with Crippen LogP contribution in [-0.2, 0) is 17.6 Å². The molecule has 30 heavy (non-hydrogen) atoms. The first-order chi connectivity index (χ1) is 14.5. The summed E-state index contributed by atoms with van der Waals surface area (Å²) in [4.78, 5) is 33.7. The van der Waals surface area contributed by atoms with E-state index in [1.54, 1.807) is 0 Å². The number of amides is 1. The average Bonchev–Trinajstić information content (AvgIpc) is 2.75. The van der Waals surface area contributed by atoms with E-state index in [9.17, 15) is 19.5 Å². The van der Waals surface area contributed by atoms with Crippen LogP contribution in [0.3, 0.4) is 0 Å². The van der Waals surface area contributed by atoms with Crippen molar-refractivity contribution in [3.8, 4) is 16.9 Å². The molecule has 0 spiro atoms. The first-order valence-electron chi connectivity index (χ1n) is 9.37. The fraction of sp³-hybridized carbons (Fsp3) is 0.125. The van der Waals surface area contributed by atoms with Crippen LogP contribution in [-0.4, -0.2) is 29.9 Å². The molecule has 0 fully saturated rings. The number of ether oxygens (including phenoxy) is 1. The molecule has 3 aromatic carbocycles. The minimum absolute atomic E-state index is 0.000334. The molecule has 0 aliphatic carbocycles. The van der Waals surface area contributed by atoms with E-state index < -0.39 is 12.2 Å². The highest BCUT2D eigenvalue weighted by Gasteiger charge is 2.17. The quantitative estimate of drug-likeness (QED) is 0.554. The van der Waals surface area contributed by atoms with Crippen molar-refractivity contribution in [1.29, 1.82) is 0 Å². The van der Waals surface area contributed by atoms with Gasteiger partial charge >= 0.3 is 6.09 Å². The van der Waals surface area contributed by atoms with Gasteiger partial charge < -0.3 is 15.6 Å². The molecule has 0 aliphatic heterocycles. The van der Waals surface area contributed by atoms with E-state index in [0.29, 0.717) is 24.6 Å². The molecule has 0 bridgehead atoms. The number of aromatic hydroxyl groups is 1. The lowest BCUT2D eigenvalue weighted by molar-refractivity contribution is 0.105. The summed E-state index contributed by atoms with van der Waals surface area (Å²) in [7, 11) is 0. The van der Waals surface area contributed by atoms with Crippen LogP contribution in [0.2, 0.25) is 0 Å².